The zero-order valence-electron chi connectivity index (χ0n) is 11.9. The lowest BCUT2D eigenvalue weighted by atomic mass is 9.61. The fourth-order valence-corrected chi connectivity index (χ4v) is 3.72. The normalized spacial score (nSPS) is 25.9. The first-order chi connectivity index (χ1) is 9.06. The first kappa shape index (κ1) is 12.5. The minimum atomic E-state index is 0.0279. The maximum atomic E-state index is 11.9. The Bertz CT molecular complexity index is 583. The topological polar surface area (TPSA) is 26.3 Å². The van der Waals surface area contributed by atoms with Gasteiger partial charge in [-0.05, 0) is 55.0 Å². The smallest absolute Gasteiger partial charge is 0.158 e. The first-order valence-electron chi connectivity index (χ1n) is 6.97. The number of rotatable bonds is 1. The number of carbonyl (C=O) groups excluding carboxylic acids is 1. The SMILES string of the molecule is COc1ccc2c(c1)C1(C)CCC(=O)C(C)=C1CC2. The Labute approximate surface area is 114 Å². The van der Waals surface area contributed by atoms with Gasteiger partial charge in [0, 0.05) is 11.8 Å². The van der Waals surface area contributed by atoms with Crippen LogP contribution in [0.25, 0.3) is 0 Å². The molecule has 2 aliphatic carbocycles. The number of ketones is 1. The molecule has 0 amide bonds. The molecular weight excluding hydrogens is 236 g/mol. The quantitative estimate of drug-likeness (QED) is 0.767. The summed E-state index contributed by atoms with van der Waals surface area (Å²) in [5.74, 6) is 1.24. The highest BCUT2D eigenvalue weighted by molar-refractivity contribution is 5.97. The van der Waals surface area contributed by atoms with Crippen LogP contribution in [0.3, 0.4) is 0 Å². The van der Waals surface area contributed by atoms with Gasteiger partial charge in [0.1, 0.15) is 5.75 Å². The number of hydrogen-bond acceptors (Lipinski definition) is 2. The summed E-state index contributed by atoms with van der Waals surface area (Å²) in [7, 11) is 1.71. The summed E-state index contributed by atoms with van der Waals surface area (Å²) in [6, 6.07) is 6.39. The van der Waals surface area contributed by atoms with Gasteiger partial charge < -0.3 is 4.74 Å². The Morgan fingerprint density at radius 2 is 2.00 bits per heavy atom. The van der Waals surface area contributed by atoms with Crippen molar-refractivity contribution in [1.29, 1.82) is 0 Å². The third-order valence-electron chi connectivity index (χ3n) is 4.94. The van der Waals surface area contributed by atoms with Gasteiger partial charge in [-0.15, -0.1) is 0 Å². The number of aryl methyl sites for hydroxylation is 1. The lowest BCUT2D eigenvalue weighted by Crippen LogP contribution is -2.36. The fourth-order valence-electron chi connectivity index (χ4n) is 3.72. The molecule has 1 aromatic carbocycles. The summed E-state index contributed by atoms with van der Waals surface area (Å²) < 4.78 is 5.37. The molecule has 0 aliphatic heterocycles. The Balaban J connectivity index is 2.20. The van der Waals surface area contributed by atoms with Crippen molar-refractivity contribution in [2.75, 3.05) is 7.11 Å². The van der Waals surface area contributed by atoms with E-state index in [1.807, 2.05) is 13.0 Å². The molecule has 0 aromatic heterocycles. The molecule has 0 N–H and O–H groups in total. The van der Waals surface area contributed by atoms with Gasteiger partial charge in [-0.25, -0.2) is 0 Å². The molecule has 0 heterocycles. The van der Waals surface area contributed by atoms with Crippen LogP contribution in [-0.4, -0.2) is 12.9 Å². The number of ether oxygens (including phenoxy) is 1. The molecule has 3 rings (SSSR count). The second kappa shape index (κ2) is 4.22. The second-order valence-corrected chi connectivity index (χ2v) is 5.88. The molecule has 0 fully saturated rings. The van der Waals surface area contributed by atoms with Gasteiger partial charge >= 0.3 is 0 Å². The number of Topliss-reactive ketones (excluding diaryl/α,β-unsaturated/α-hetero) is 1. The van der Waals surface area contributed by atoms with Gasteiger partial charge in [0.25, 0.3) is 0 Å². The van der Waals surface area contributed by atoms with Crippen LogP contribution in [0.4, 0.5) is 0 Å². The van der Waals surface area contributed by atoms with E-state index in [4.69, 9.17) is 4.74 Å². The van der Waals surface area contributed by atoms with Crippen molar-refractivity contribution in [3.8, 4) is 5.75 Å². The van der Waals surface area contributed by atoms with Gasteiger partial charge in [0.15, 0.2) is 5.78 Å². The van der Waals surface area contributed by atoms with Crippen molar-refractivity contribution < 1.29 is 9.53 Å². The predicted molar refractivity (Wildman–Crippen MR) is 75.6 cm³/mol. The molecule has 1 unspecified atom stereocenters. The third kappa shape index (κ3) is 1.73. The molecule has 2 aliphatic rings. The minimum Gasteiger partial charge on any atom is -0.497 e. The van der Waals surface area contributed by atoms with Gasteiger partial charge in [0.2, 0.25) is 0 Å². The zero-order chi connectivity index (χ0) is 13.6. The standard InChI is InChI=1S/C17H20O2/c1-11-14-7-5-12-4-6-13(19-3)10-15(12)17(14,2)9-8-16(11)18/h4,6,10H,5,7-9H2,1-3H3. The summed E-state index contributed by atoms with van der Waals surface area (Å²) in [6.07, 6.45) is 3.66. The van der Waals surface area contributed by atoms with Gasteiger partial charge in [-0.1, -0.05) is 18.6 Å². The highest BCUT2D eigenvalue weighted by Crippen LogP contribution is 2.49. The minimum absolute atomic E-state index is 0.0279. The first-order valence-corrected chi connectivity index (χ1v) is 6.97. The van der Waals surface area contributed by atoms with Crippen LogP contribution in [0.2, 0.25) is 0 Å². The molecule has 1 atom stereocenters. The number of methoxy groups -OCH3 is 1. The summed E-state index contributed by atoms with van der Waals surface area (Å²) in [5.41, 5.74) is 5.15. The Hall–Kier alpha value is -1.57. The van der Waals surface area contributed by atoms with Gasteiger partial charge in [0.05, 0.1) is 7.11 Å². The van der Waals surface area contributed by atoms with Crippen LogP contribution < -0.4 is 4.74 Å². The summed E-state index contributed by atoms with van der Waals surface area (Å²) >= 11 is 0. The molecule has 0 saturated heterocycles. The van der Waals surface area contributed by atoms with E-state index in [9.17, 15) is 4.79 Å². The summed E-state index contributed by atoms with van der Waals surface area (Å²) in [5, 5.41) is 0. The number of allylic oxidation sites excluding steroid dienone is 2. The number of fused-ring (bicyclic) bond motifs is 3. The van der Waals surface area contributed by atoms with Crippen molar-refractivity contribution in [2.24, 2.45) is 0 Å². The molecule has 0 spiro atoms. The van der Waals surface area contributed by atoms with E-state index >= 15 is 0 Å². The maximum absolute atomic E-state index is 11.9. The fraction of sp³-hybridized carbons (Fsp3) is 0.471. The van der Waals surface area contributed by atoms with Crippen LogP contribution in [-0.2, 0) is 16.6 Å². The largest absolute Gasteiger partial charge is 0.497 e. The third-order valence-corrected chi connectivity index (χ3v) is 4.94. The van der Waals surface area contributed by atoms with E-state index in [1.54, 1.807) is 7.11 Å². The van der Waals surface area contributed by atoms with E-state index in [0.717, 1.165) is 30.6 Å². The van der Waals surface area contributed by atoms with Crippen LogP contribution >= 0.6 is 0 Å². The molecule has 0 radical (unpaired) electrons. The Kier molecular flexibility index (Phi) is 2.77. The van der Waals surface area contributed by atoms with E-state index in [0.29, 0.717) is 12.2 Å². The summed E-state index contributed by atoms with van der Waals surface area (Å²) in [6.45, 7) is 4.29. The van der Waals surface area contributed by atoms with Gasteiger partial charge in [-0.3, -0.25) is 4.79 Å². The molecule has 2 heteroatoms. The van der Waals surface area contributed by atoms with Gasteiger partial charge in [-0.2, -0.15) is 0 Å². The van der Waals surface area contributed by atoms with E-state index in [-0.39, 0.29) is 5.41 Å². The zero-order valence-corrected chi connectivity index (χ0v) is 11.9. The van der Waals surface area contributed by atoms with Crippen LogP contribution in [0.15, 0.2) is 29.3 Å². The van der Waals surface area contributed by atoms with E-state index in [1.165, 1.54) is 16.7 Å². The predicted octanol–water partition coefficient (Wildman–Crippen LogP) is 3.58. The van der Waals surface area contributed by atoms with Crippen LogP contribution in [0.5, 0.6) is 5.75 Å². The monoisotopic (exact) mass is 256 g/mol. The lowest BCUT2D eigenvalue weighted by molar-refractivity contribution is -0.116. The second-order valence-electron chi connectivity index (χ2n) is 5.88. The molecule has 100 valence electrons. The van der Waals surface area contributed by atoms with Crippen LogP contribution in [0.1, 0.15) is 44.2 Å². The highest BCUT2D eigenvalue weighted by Gasteiger charge is 2.41. The number of carbonyl (C=O) groups is 1. The summed E-state index contributed by atoms with van der Waals surface area (Å²) in [4.78, 5) is 11.9. The Morgan fingerprint density at radius 1 is 1.21 bits per heavy atom. The molecule has 19 heavy (non-hydrogen) atoms. The van der Waals surface area contributed by atoms with E-state index in [2.05, 4.69) is 19.1 Å². The molecule has 2 nitrogen and oxygen atoms in total. The van der Waals surface area contributed by atoms with Crippen molar-refractivity contribution in [1.82, 2.24) is 0 Å². The molecule has 0 bridgehead atoms. The van der Waals surface area contributed by atoms with Crippen molar-refractivity contribution in [3.63, 3.8) is 0 Å². The molecule has 1 aromatic rings. The average Bonchev–Trinajstić information content (AvgIpc) is 2.43. The lowest BCUT2D eigenvalue weighted by Gasteiger charge is -2.42. The molecular formula is C17H20O2. The molecule has 0 saturated carbocycles. The Morgan fingerprint density at radius 3 is 2.74 bits per heavy atom. The van der Waals surface area contributed by atoms with Crippen LogP contribution in [0, 0.1) is 0 Å². The number of benzene rings is 1. The van der Waals surface area contributed by atoms with E-state index < -0.39 is 0 Å². The highest BCUT2D eigenvalue weighted by atomic mass is 16.5. The van der Waals surface area contributed by atoms with Crippen molar-refractivity contribution >= 4 is 5.78 Å². The van der Waals surface area contributed by atoms with Crippen molar-refractivity contribution in [2.45, 2.75) is 44.9 Å². The maximum Gasteiger partial charge on any atom is 0.158 e. The van der Waals surface area contributed by atoms with Crippen molar-refractivity contribution in [3.05, 3.63) is 40.5 Å². The average molecular weight is 256 g/mol. The number of hydrogen-bond donors (Lipinski definition) is 0.